The predicted molar refractivity (Wildman–Crippen MR) is 139 cm³/mol. The van der Waals surface area contributed by atoms with Gasteiger partial charge < -0.3 is 10.0 Å². The van der Waals surface area contributed by atoms with E-state index < -0.39 is 0 Å². The van der Waals surface area contributed by atoms with Gasteiger partial charge in [0.2, 0.25) is 0 Å². The Balaban J connectivity index is 1.57. The number of aliphatic imine (C=N–C) groups is 1. The number of carbonyl (C=O) groups excluding carboxylic acids is 1. The lowest BCUT2D eigenvalue weighted by molar-refractivity contribution is 0.267. The van der Waals surface area contributed by atoms with Crippen molar-refractivity contribution >= 4 is 40.3 Å². The maximum absolute atomic E-state index is 12.4. The number of thioether (sulfide) groups is 1. The molecule has 0 radical (unpaired) electrons. The van der Waals surface area contributed by atoms with Crippen molar-refractivity contribution in [2.75, 3.05) is 19.0 Å². The van der Waals surface area contributed by atoms with Crippen molar-refractivity contribution in [3.63, 3.8) is 0 Å². The molecular formula is C27H24N4O2S. The van der Waals surface area contributed by atoms with Gasteiger partial charge in [-0.15, -0.1) is 0 Å². The fraction of sp³-hybridized carbons (Fsp3) is 0.148. The van der Waals surface area contributed by atoms with Crippen LogP contribution >= 0.6 is 11.8 Å². The SMILES string of the molecule is CN(C)c1ccc(C2CC(c3ccccc3)=NN2C2=NC(=O)S/C2=C\c2ccccc2O)cc1. The molecule has 1 atom stereocenters. The summed E-state index contributed by atoms with van der Waals surface area (Å²) in [6.45, 7) is 0. The predicted octanol–water partition coefficient (Wildman–Crippen LogP) is 5.92. The molecule has 3 aromatic carbocycles. The number of hydrogen-bond donors (Lipinski definition) is 1. The van der Waals surface area contributed by atoms with Crippen molar-refractivity contribution in [2.24, 2.45) is 10.1 Å². The molecule has 0 fully saturated rings. The Kier molecular flexibility index (Phi) is 5.94. The summed E-state index contributed by atoms with van der Waals surface area (Å²) in [7, 11) is 4.03. The second-order valence-corrected chi connectivity index (χ2v) is 9.33. The van der Waals surface area contributed by atoms with E-state index in [4.69, 9.17) is 5.10 Å². The van der Waals surface area contributed by atoms with Crippen molar-refractivity contribution in [3.05, 3.63) is 100 Å². The van der Waals surface area contributed by atoms with Crippen molar-refractivity contribution in [3.8, 4) is 5.75 Å². The summed E-state index contributed by atoms with van der Waals surface area (Å²) in [4.78, 5) is 19.5. The van der Waals surface area contributed by atoms with E-state index in [2.05, 4.69) is 34.2 Å². The zero-order valence-corrected chi connectivity index (χ0v) is 19.7. The van der Waals surface area contributed by atoms with Gasteiger partial charge >= 0.3 is 5.24 Å². The molecule has 1 N–H and O–H groups in total. The molecule has 2 aliphatic heterocycles. The van der Waals surface area contributed by atoms with Gasteiger partial charge in [-0.05, 0) is 47.2 Å². The molecule has 6 nitrogen and oxygen atoms in total. The average Bonchev–Trinajstić information content (AvgIpc) is 3.44. The molecule has 2 aliphatic rings. The summed E-state index contributed by atoms with van der Waals surface area (Å²) in [5, 5.41) is 16.8. The summed E-state index contributed by atoms with van der Waals surface area (Å²) in [6.07, 6.45) is 2.49. The molecule has 170 valence electrons. The molecule has 0 saturated carbocycles. The first kappa shape index (κ1) is 22.0. The van der Waals surface area contributed by atoms with Gasteiger partial charge in [0.1, 0.15) is 5.75 Å². The Morgan fingerprint density at radius 3 is 2.41 bits per heavy atom. The number of hydrogen-bond acceptors (Lipinski definition) is 6. The van der Waals surface area contributed by atoms with Crippen LogP contribution in [0.4, 0.5) is 10.5 Å². The van der Waals surface area contributed by atoms with Gasteiger partial charge in [-0.2, -0.15) is 10.1 Å². The summed E-state index contributed by atoms with van der Waals surface area (Å²) < 4.78 is 0. The van der Waals surface area contributed by atoms with Gasteiger partial charge in [-0.25, -0.2) is 5.01 Å². The van der Waals surface area contributed by atoms with Gasteiger partial charge in [0, 0.05) is 31.8 Å². The highest BCUT2D eigenvalue weighted by molar-refractivity contribution is 8.18. The average molecular weight is 469 g/mol. The van der Waals surface area contributed by atoms with E-state index >= 15 is 0 Å². The molecular weight excluding hydrogens is 444 g/mol. The van der Waals surface area contributed by atoms with Crippen LogP contribution in [-0.2, 0) is 0 Å². The van der Waals surface area contributed by atoms with E-state index in [-0.39, 0.29) is 17.0 Å². The van der Waals surface area contributed by atoms with Crippen LogP contribution in [0.25, 0.3) is 6.08 Å². The van der Waals surface area contributed by atoms with Crippen molar-refractivity contribution < 1.29 is 9.90 Å². The first-order valence-electron chi connectivity index (χ1n) is 11.0. The number of carbonyl (C=O) groups is 1. The van der Waals surface area contributed by atoms with E-state index in [1.165, 1.54) is 0 Å². The second kappa shape index (κ2) is 9.19. The first-order valence-corrected chi connectivity index (χ1v) is 11.8. The Bertz CT molecular complexity index is 1310. The Morgan fingerprint density at radius 1 is 1.00 bits per heavy atom. The zero-order chi connectivity index (χ0) is 23.7. The number of nitrogens with zero attached hydrogens (tertiary/aromatic N) is 4. The summed E-state index contributed by atoms with van der Waals surface area (Å²) >= 11 is 1.05. The third kappa shape index (κ3) is 4.34. The van der Waals surface area contributed by atoms with Crippen molar-refractivity contribution in [1.82, 2.24) is 5.01 Å². The number of rotatable bonds is 4. The third-order valence-corrected chi connectivity index (χ3v) is 6.65. The van der Waals surface area contributed by atoms with Crippen molar-refractivity contribution in [1.29, 1.82) is 0 Å². The number of phenolic OH excluding ortho intramolecular Hbond substituents is 1. The van der Waals surface area contributed by atoms with E-state index in [1.54, 1.807) is 18.2 Å². The molecule has 0 aromatic heterocycles. The Morgan fingerprint density at radius 2 is 1.71 bits per heavy atom. The van der Waals surface area contributed by atoms with Gasteiger partial charge in [0.05, 0.1) is 16.7 Å². The normalized spacial score (nSPS) is 18.9. The smallest absolute Gasteiger partial charge is 0.311 e. The molecule has 5 rings (SSSR count). The van der Waals surface area contributed by atoms with Crippen molar-refractivity contribution in [2.45, 2.75) is 12.5 Å². The van der Waals surface area contributed by atoms with Gasteiger partial charge in [-0.3, -0.25) is 4.79 Å². The van der Waals surface area contributed by atoms with Crippen LogP contribution in [0.2, 0.25) is 0 Å². The molecule has 2 heterocycles. The van der Waals surface area contributed by atoms with Crippen LogP contribution in [0, 0.1) is 0 Å². The first-order chi connectivity index (χ1) is 16.5. The Labute approximate surface area is 202 Å². The molecule has 1 amide bonds. The minimum atomic E-state index is -0.290. The summed E-state index contributed by atoms with van der Waals surface area (Å²) in [5.74, 6) is 0.658. The second-order valence-electron chi connectivity index (χ2n) is 8.33. The number of aromatic hydroxyl groups is 1. The van der Waals surface area contributed by atoms with Gasteiger partial charge in [-0.1, -0.05) is 60.7 Å². The standard InChI is InChI=1S/C27H24N4O2S/c1-30(2)21-14-12-19(13-15-21)23-17-22(18-8-4-3-5-9-18)29-31(23)26-25(34-27(33)28-26)16-20-10-6-7-11-24(20)32/h3-16,23,32H,17H2,1-2H3/b25-16-. The maximum Gasteiger partial charge on any atom is 0.311 e. The quantitative estimate of drug-likeness (QED) is 0.515. The van der Waals surface area contributed by atoms with E-state index in [0.29, 0.717) is 22.7 Å². The number of amidine groups is 1. The lowest BCUT2D eigenvalue weighted by Gasteiger charge is -2.24. The lowest BCUT2D eigenvalue weighted by Crippen LogP contribution is -2.26. The Hall–Kier alpha value is -3.84. The van der Waals surface area contributed by atoms with E-state index in [0.717, 1.165) is 34.3 Å². The molecule has 0 saturated heterocycles. The topological polar surface area (TPSA) is 68.5 Å². The van der Waals surface area contributed by atoms with Crippen LogP contribution in [0.3, 0.4) is 0 Å². The zero-order valence-electron chi connectivity index (χ0n) is 18.9. The summed E-state index contributed by atoms with van der Waals surface area (Å²) in [6, 6.07) is 25.4. The van der Waals surface area contributed by atoms with Gasteiger partial charge in [0.15, 0.2) is 5.84 Å². The number of hydrazone groups is 1. The van der Waals surface area contributed by atoms with Crippen LogP contribution < -0.4 is 4.90 Å². The van der Waals surface area contributed by atoms with E-state index in [1.807, 2.05) is 61.6 Å². The molecule has 0 aliphatic carbocycles. The fourth-order valence-electron chi connectivity index (χ4n) is 4.08. The van der Waals surface area contributed by atoms with Crippen LogP contribution in [0.1, 0.15) is 29.2 Å². The highest BCUT2D eigenvalue weighted by Gasteiger charge is 2.37. The lowest BCUT2D eigenvalue weighted by atomic mass is 9.98. The molecule has 1 unspecified atom stereocenters. The third-order valence-electron chi connectivity index (χ3n) is 5.87. The molecule has 7 heteroatoms. The van der Waals surface area contributed by atoms with Gasteiger partial charge in [0.25, 0.3) is 0 Å². The van der Waals surface area contributed by atoms with Crippen LogP contribution in [0.5, 0.6) is 5.75 Å². The fourth-order valence-corrected chi connectivity index (χ4v) is 4.81. The van der Waals surface area contributed by atoms with Crippen LogP contribution in [-0.4, -0.2) is 41.0 Å². The highest BCUT2D eigenvalue weighted by Crippen LogP contribution is 2.40. The number of phenols is 1. The van der Waals surface area contributed by atoms with Crippen LogP contribution in [0.15, 0.2) is 93.9 Å². The van der Waals surface area contributed by atoms with E-state index in [9.17, 15) is 9.90 Å². The number of para-hydroxylation sites is 1. The summed E-state index contributed by atoms with van der Waals surface area (Å²) in [5.41, 5.74) is 4.82. The largest absolute Gasteiger partial charge is 0.507 e. The molecule has 0 bridgehead atoms. The molecule has 34 heavy (non-hydrogen) atoms. The minimum Gasteiger partial charge on any atom is -0.507 e. The number of anilines is 1. The highest BCUT2D eigenvalue weighted by atomic mass is 32.2. The monoisotopic (exact) mass is 468 g/mol. The number of benzene rings is 3. The molecule has 3 aromatic rings. The number of amides is 1. The minimum absolute atomic E-state index is 0.107. The maximum atomic E-state index is 12.4. The molecule has 0 spiro atoms.